The van der Waals surface area contributed by atoms with Crippen LogP contribution in [-0.2, 0) is 10.0 Å². The standard InChI is InChI=1S/C17H20N2O2S2/c1-12-10-13(2)16(14(3)11-12)23(20,21)19-8-9-22-17(19)15-4-6-18-7-5-15/h4-7,10-11,17H,8-9H2,1-3H3. The highest BCUT2D eigenvalue weighted by Crippen LogP contribution is 2.42. The minimum atomic E-state index is -3.52. The summed E-state index contributed by atoms with van der Waals surface area (Å²) in [7, 11) is -3.52. The number of benzene rings is 1. The molecule has 0 bridgehead atoms. The fourth-order valence-electron chi connectivity index (χ4n) is 3.18. The van der Waals surface area contributed by atoms with Gasteiger partial charge in [0, 0.05) is 24.7 Å². The van der Waals surface area contributed by atoms with Crippen LogP contribution >= 0.6 is 11.8 Å². The zero-order valence-electron chi connectivity index (χ0n) is 13.5. The molecule has 23 heavy (non-hydrogen) atoms. The van der Waals surface area contributed by atoms with Gasteiger partial charge in [0.25, 0.3) is 0 Å². The van der Waals surface area contributed by atoms with Gasteiger partial charge in [0.15, 0.2) is 0 Å². The summed E-state index contributed by atoms with van der Waals surface area (Å²) in [6.45, 7) is 6.27. The normalized spacial score (nSPS) is 19.2. The molecule has 1 atom stereocenters. The Bertz CT molecular complexity index is 797. The molecule has 1 aromatic carbocycles. The van der Waals surface area contributed by atoms with Crippen molar-refractivity contribution in [3.05, 3.63) is 58.9 Å². The second-order valence-electron chi connectivity index (χ2n) is 5.85. The van der Waals surface area contributed by atoms with Crippen molar-refractivity contribution in [2.75, 3.05) is 12.3 Å². The zero-order valence-corrected chi connectivity index (χ0v) is 15.1. The van der Waals surface area contributed by atoms with Crippen molar-refractivity contribution in [3.8, 4) is 0 Å². The Morgan fingerprint density at radius 1 is 1.13 bits per heavy atom. The van der Waals surface area contributed by atoms with Gasteiger partial charge < -0.3 is 0 Å². The lowest BCUT2D eigenvalue weighted by Crippen LogP contribution is -2.31. The van der Waals surface area contributed by atoms with Gasteiger partial charge in [-0.15, -0.1) is 11.8 Å². The maximum Gasteiger partial charge on any atom is 0.244 e. The van der Waals surface area contributed by atoms with E-state index < -0.39 is 10.0 Å². The third kappa shape index (κ3) is 3.03. The van der Waals surface area contributed by atoms with Crippen LogP contribution in [0.5, 0.6) is 0 Å². The first-order valence-corrected chi connectivity index (χ1v) is 10.0. The smallest absolute Gasteiger partial charge is 0.244 e. The number of pyridine rings is 1. The van der Waals surface area contributed by atoms with Crippen LogP contribution in [0.2, 0.25) is 0 Å². The van der Waals surface area contributed by atoms with Gasteiger partial charge in [0.1, 0.15) is 0 Å². The van der Waals surface area contributed by atoms with E-state index in [2.05, 4.69) is 4.98 Å². The van der Waals surface area contributed by atoms with Gasteiger partial charge in [0.05, 0.1) is 10.3 Å². The van der Waals surface area contributed by atoms with Gasteiger partial charge in [0.2, 0.25) is 10.0 Å². The van der Waals surface area contributed by atoms with Crippen molar-refractivity contribution in [1.82, 2.24) is 9.29 Å². The molecule has 3 rings (SSSR count). The van der Waals surface area contributed by atoms with E-state index in [9.17, 15) is 8.42 Å². The predicted molar refractivity (Wildman–Crippen MR) is 94.0 cm³/mol. The number of hydrogen-bond donors (Lipinski definition) is 0. The minimum absolute atomic E-state index is 0.178. The fraction of sp³-hybridized carbons (Fsp3) is 0.353. The van der Waals surface area contributed by atoms with E-state index in [0.717, 1.165) is 28.0 Å². The van der Waals surface area contributed by atoms with E-state index in [-0.39, 0.29) is 5.37 Å². The Morgan fingerprint density at radius 2 is 1.74 bits per heavy atom. The molecular formula is C17H20N2O2S2. The van der Waals surface area contributed by atoms with Crippen molar-refractivity contribution >= 4 is 21.8 Å². The minimum Gasteiger partial charge on any atom is -0.265 e. The first-order chi connectivity index (χ1) is 10.9. The number of sulfonamides is 1. The highest BCUT2D eigenvalue weighted by atomic mass is 32.2. The lowest BCUT2D eigenvalue weighted by molar-refractivity contribution is 0.433. The second-order valence-corrected chi connectivity index (χ2v) is 8.86. The van der Waals surface area contributed by atoms with Crippen molar-refractivity contribution in [2.45, 2.75) is 31.0 Å². The van der Waals surface area contributed by atoms with Crippen molar-refractivity contribution in [2.24, 2.45) is 0 Å². The molecule has 0 amide bonds. The zero-order chi connectivity index (χ0) is 16.6. The van der Waals surface area contributed by atoms with Crippen LogP contribution < -0.4 is 0 Å². The predicted octanol–water partition coefficient (Wildman–Crippen LogP) is 3.44. The number of nitrogens with zero attached hydrogens (tertiary/aromatic N) is 2. The molecule has 122 valence electrons. The number of rotatable bonds is 3. The molecule has 0 aliphatic carbocycles. The SMILES string of the molecule is Cc1cc(C)c(S(=O)(=O)N2CCSC2c2ccncc2)c(C)c1. The summed E-state index contributed by atoms with van der Waals surface area (Å²) >= 11 is 1.66. The number of aryl methyl sites for hydroxylation is 3. The molecule has 2 heterocycles. The first kappa shape index (κ1) is 16.5. The molecule has 0 spiro atoms. The lowest BCUT2D eigenvalue weighted by atomic mass is 10.1. The van der Waals surface area contributed by atoms with E-state index >= 15 is 0 Å². The molecule has 1 aliphatic heterocycles. The van der Waals surface area contributed by atoms with Crippen LogP contribution in [0.1, 0.15) is 27.6 Å². The molecule has 6 heteroatoms. The summed E-state index contributed by atoms with van der Waals surface area (Å²) in [6.07, 6.45) is 3.42. The van der Waals surface area contributed by atoms with Crippen molar-refractivity contribution in [3.63, 3.8) is 0 Å². The quantitative estimate of drug-likeness (QED) is 0.852. The van der Waals surface area contributed by atoms with Gasteiger partial charge in [-0.3, -0.25) is 4.98 Å². The van der Waals surface area contributed by atoms with Gasteiger partial charge in [-0.2, -0.15) is 4.31 Å². The van der Waals surface area contributed by atoms with Gasteiger partial charge in [-0.25, -0.2) is 8.42 Å². The summed E-state index contributed by atoms with van der Waals surface area (Å²) in [6, 6.07) is 7.65. The molecule has 1 fully saturated rings. The summed E-state index contributed by atoms with van der Waals surface area (Å²) in [5.74, 6) is 0.802. The molecule has 1 aromatic heterocycles. The molecule has 0 N–H and O–H groups in total. The van der Waals surface area contributed by atoms with E-state index in [1.807, 2.05) is 45.0 Å². The molecule has 0 saturated carbocycles. The van der Waals surface area contributed by atoms with Crippen molar-refractivity contribution in [1.29, 1.82) is 0 Å². The van der Waals surface area contributed by atoms with E-state index in [1.165, 1.54) is 0 Å². The number of hydrogen-bond acceptors (Lipinski definition) is 4. The average molecular weight is 348 g/mol. The summed E-state index contributed by atoms with van der Waals surface area (Å²) in [5.41, 5.74) is 3.69. The van der Waals surface area contributed by atoms with Gasteiger partial charge in [-0.05, 0) is 49.6 Å². The molecule has 4 nitrogen and oxygen atoms in total. The third-order valence-corrected chi connectivity index (χ3v) is 7.58. The Labute approximate surface area is 142 Å². The Kier molecular flexibility index (Phi) is 4.49. The second kappa shape index (κ2) is 6.26. The highest BCUT2D eigenvalue weighted by molar-refractivity contribution is 8.01. The number of thioether (sulfide) groups is 1. The molecule has 1 aliphatic rings. The number of aromatic nitrogens is 1. The molecule has 1 unspecified atom stereocenters. The Balaban J connectivity index is 2.06. The van der Waals surface area contributed by atoms with Crippen LogP contribution in [0.15, 0.2) is 41.6 Å². The first-order valence-electron chi connectivity index (χ1n) is 7.52. The maximum absolute atomic E-state index is 13.3. The Hall–Kier alpha value is -1.37. The largest absolute Gasteiger partial charge is 0.265 e. The summed E-state index contributed by atoms with van der Waals surface area (Å²) in [5, 5.41) is -0.178. The monoisotopic (exact) mass is 348 g/mol. The fourth-order valence-corrected chi connectivity index (χ4v) is 6.84. The van der Waals surface area contributed by atoms with Gasteiger partial charge in [-0.1, -0.05) is 17.7 Å². The lowest BCUT2D eigenvalue weighted by Gasteiger charge is -2.25. The maximum atomic E-state index is 13.3. The van der Waals surface area contributed by atoms with Crippen LogP contribution in [0.4, 0.5) is 0 Å². The average Bonchev–Trinajstić information content (AvgIpc) is 2.97. The molecule has 0 radical (unpaired) electrons. The highest BCUT2D eigenvalue weighted by Gasteiger charge is 2.38. The van der Waals surface area contributed by atoms with Gasteiger partial charge >= 0.3 is 0 Å². The molecule has 2 aromatic rings. The summed E-state index contributed by atoms with van der Waals surface area (Å²) in [4.78, 5) is 4.47. The summed E-state index contributed by atoms with van der Waals surface area (Å²) < 4.78 is 28.2. The third-order valence-electron chi connectivity index (χ3n) is 4.01. The van der Waals surface area contributed by atoms with Crippen molar-refractivity contribution < 1.29 is 8.42 Å². The van der Waals surface area contributed by atoms with E-state index in [1.54, 1.807) is 28.5 Å². The molecular weight excluding hydrogens is 328 g/mol. The van der Waals surface area contributed by atoms with E-state index in [0.29, 0.717) is 11.4 Å². The van der Waals surface area contributed by atoms with Crippen LogP contribution in [0.3, 0.4) is 0 Å². The van der Waals surface area contributed by atoms with Crippen LogP contribution in [0.25, 0.3) is 0 Å². The Morgan fingerprint density at radius 3 is 2.35 bits per heavy atom. The van der Waals surface area contributed by atoms with E-state index in [4.69, 9.17) is 0 Å². The molecule has 1 saturated heterocycles. The topological polar surface area (TPSA) is 50.3 Å². The van der Waals surface area contributed by atoms with Crippen LogP contribution in [-0.4, -0.2) is 30.0 Å². The van der Waals surface area contributed by atoms with Crippen LogP contribution in [0, 0.1) is 20.8 Å².